The molecule has 1 aromatic rings. The minimum atomic E-state index is -0.522. The molecule has 0 N–H and O–H groups in total. The summed E-state index contributed by atoms with van der Waals surface area (Å²) in [6, 6.07) is 1.59. The van der Waals surface area contributed by atoms with E-state index in [2.05, 4.69) is 20.9 Å². The van der Waals surface area contributed by atoms with Gasteiger partial charge in [-0.1, -0.05) is 0 Å². The zero-order chi connectivity index (χ0) is 14.0. The van der Waals surface area contributed by atoms with Gasteiger partial charge in [0.2, 0.25) is 5.91 Å². The maximum absolute atomic E-state index is 12.0. The van der Waals surface area contributed by atoms with Gasteiger partial charge >= 0.3 is 5.97 Å². The topological polar surface area (TPSA) is 59.5 Å². The van der Waals surface area contributed by atoms with Crippen molar-refractivity contribution in [3.05, 3.63) is 22.3 Å². The molecule has 1 aromatic heterocycles. The molecule has 2 heterocycles. The Balaban J connectivity index is 2.39. The van der Waals surface area contributed by atoms with E-state index in [4.69, 9.17) is 16.3 Å². The van der Waals surface area contributed by atoms with Crippen LogP contribution >= 0.6 is 27.5 Å². The number of hydrogen-bond donors (Lipinski definition) is 0. The summed E-state index contributed by atoms with van der Waals surface area (Å²) in [5.74, 6) is 0.223. The predicted molar refractivity (Wildman–Crippen MR) is 74.5 cm³/mol. The second-order valence-corrected chi connectivity index (χ2v) is 5.47. The number of alkyl halides is 1. The molecule has 1 atom stereocenters. The Morgan fingerprint density at radius 3 is 3.00 bits per heavy atom. The molecule has 0 bridgehead atoms. The summed E-state index contributed by atoms with van der Waals surface area (Å²) in [6.07, 6.45) is 1.92. The van der Waals surface area contributed by atoms with E-state index in [-0.39, 0.29) is 17.4 Å². The molecule has 102 valence electrons. The lowest BCUT2D eigenvalue weighted by Gasteiger charge is -2.18. The highest BCUT2D eigenvalue weighted by Gasteiger charge is 2.33. The first-order valence-electron chi connectivity index (χ1n) is 5.67. The zero-order valence-corrected chi connectivity index (χ0v) is 12.6. The predicted octanol–water partition coefficient (Wildman–Crippen LogP) is 2.22. The molecule has 1 unspecified atom stereocenters. The minimum absolute atomic E-state index is 0.0781. The highest BCUT2D eigenvalue weighted by Crippen LogP contribution is 2.28. The van der Waals surface area contributed by atoms with E-state index in [1.54, 1.807) is 12.3 Å². The van der Waals surface area contributed by atoms with Crippen molar-refractivity contribution in [2.24, 2.45) is 5.92 Å². The smallest absolute Gasteiger partial charge is 0.341 e. The SMILES string of the molecule is COC(=O)c1cc(Br)cnc1N1CC(CCl)CC1=O. The fourth-order valence-electron chi connectivity index (χ4n) is 2.00. The monoisotopic (exact) mass is 346 g/mol. The number of carbonyl (C=O) groups is 2. The maximum Gasteiger partial charge on any atom is 0.341 e. The molecule has 2 rings (SSSR count). The Morgan fingerprint density at radius 2 is 2.42 bits per heavy atom. The van der Waals surface area contributed by atoms with Gasteiger partial charge in [0.15, 0.2) is 0 Å². The average Bonchev–Trinajstić information content (AvgIpc) is 2.79. The van der Waals surface area contributed by atoms with Crippen LogP contribution in [-0.4, -0.2) is 36.4 Å². The normalized spacial score (nSPS) is 18.8. The quantitative estimate of drug-likeness (QED) is 0.621. The summed E-state index contributed by atoms with van der Waals surface area (Å²) in [5, 5.41) is 0. The number of carbonyl (C=O) groups excluding carboxylic acids is 2. The summed E-state index contributed by atoms with van der Waals surface area (Å²) in [6.45, 7) is 0.473. The number of nitrogens with zero attached hydrogens (tertiary/aromatic N) is 2. The van der Waals surface area contributed by atoms with Crippen LogP contribution in [0.5, 0.6) is 0 Å². The standard InChI is InChI=1S/C12H12BrClN2O3/c1-19-12(18)9-3-8(13)5-15-11(9)16-6-7(4-14)2-10(16)17/h3,5,7H,2,4,6H2,1H3. The second-order valence-electron chi connectivity index (χ2n) is 4.25. The van der Waals surface area contributed by atoms with Crippen LogP contribution in [0.4, 0.5) is 5.82 Å². The number of hydrogen-bond acceptors (Lipinski definition) is 4. The van der Waals surface area contributed by atoms with E-state index in [1.165, 1.54) is 12.0 Å². The minimum Gasteiger partial charge on any atom is -0.465 e. The van der Waals surface area contributed by atoms with E-state index in [0.29, 0.717) is 29.1 Å². The molecule has 19 heavy (non-hydrogen) atoms. The van der Waals surface area contributed by atoms with Crippen molar-refractivity contribution < 1.29 is 14.3 Å². The number of ether oxygens (including phenoxy) is 1. The van der Waals surface area contributed by atoms with Crippen LogP contribution in [0.15, 0.2) is 16.7 Å². The Kier molecular flexibility index (Phi) is 4.42. The van der Waals surface area contributed by atoms with Crippen LogP contribution in [0.1, 0.15) is 16.8 Å². The number of amides is 1. The number of anilines is 1. The molecule has 1 fully saturated rings. The highest BCUT2D eigenvalue weighted by atomic mass is 79.9. The van der Waals surface area contributed by atoms with Crippen molar-refractivity contribution in [2.75, 3.05) is 24.4 Å². The van der Waals surface area contributed by atoms with Gasteiger partial charge in [0.25, 0.3) is 0 Å². The first kappa shape index (κ1) is 14.3. The number of pyridine rings is 1. The average molecular weight is 348 g/mol. The third kappa shape index (κ3) is 2.90. The van der Waals surface area contributed by atoms with Gasteiger partial charge in [-0.2, -0.15) is 0 Å². The summed E-state index contributed by atoms with van der Waals surface area (Å²) < 4.78 is 5.37. The fourth-order valence-corrected chi connectivity index (χ4v) is 2.53. The first-order chi connectivity index (χ1) is 9.06. The summed E-state index contributed by atoms with van der Waals surface area (Å²) in [7, 11) is 1.29. The molecule has 1 aliphatic rings. The molecule has 0 saturated carbocycles. The third-order valence-electron chi connectivity index (χ3n) is 2.92. The number of methoxy groups -OCH3 is 1. The fraction of sp³-hybridized carbons (Fsp3) is 0.417. The lowest BCUT2D eigenvalue weighted by Crippen LogP contribution is -2.28. The lowest BCUT2D eigenvalue weighted by atomic mass is 10.1. The van der Waals surface area contributed by atoms with E-state index >= 15 is 0 Å². The molecule has 1 saturated heterocycles. The molecule has 0 aliphatic carbocycles. The Bertz CT molecular complexity index is 524. The lowest BCUT2D eigenvalue weighted by molar-refractivity contribution is -0.117. The van der Waals surface area contributed by atoms with Gasteiger partial charge in [-0.25, -0.2) is 9.78 Å². The van der Waals surface area contributed by atoms with E-state index < -0.39 is 5.97 Å². The Labute approximate surface area is 124 Å². The van der Waals surface area contributed by atoms with Crippen LogP contribution in [0.3, 0.4) is 0 Å². The summed E-state index contributed by atoms with van der Waals surface area (Å²) >= 11 is 9.03. The van der Waals surface area contributed by atoms with Crippen LogP contribution in [0.2, 0.25) is 0 Å². The van der Waals surface area contributed by atoms with Crippen molar-refractivity contribution in [1.82, 2.24) is 4.98 Å². The van der Waals surface area contributed by atoms with E-state index in [9.17, 15) is 9.59 Å². The van der Waals surface area contributed by atoms with Crippen LogP contribution in [0, 0.1) is 5.92 Å². The van der Waals surface area contributed by atoms with E-state index in [1.807, 2.05) is 0 Å². The largest absolute Gasteiger partial charge is 0.465 e. The third-order valence-corrected chi connectivity index (χ3v) is 3.79. The van der Waals surface area contributed by atoms with Gasteiger partial charge in [0.05, 0.1) is 7.11 Å². The molecular formula is C12H12BrClN2O3. The first-order valence-corrected chi connectivity index (χ1v) is 6.99. The number of rotatable bonds is 3. The van der Waals surface area contributed by atoms with Gasteiger partial charge in [0, 0.05) is 29.5 Å². The van der Waals surface area contributed by atoms with Crippen molar-refractivity contribution in [2.45, 2.75) is 6.42 Å². The van der Waals surface area contributed by atoms with Crippen LogP contribution in [0.25, 0.3) is 0 Å². The second kappa shape index (κ2) is 5.88. The van der Waals surface area contributed by atoms with Crippen LogP contribution < -0.4 is 4.90 Å². The molecule has 1 aliphatic heterocycles. The van der Waals surface area contributed by atoms with Crippen molar-refractivity contribution in [3.63, 3.8) is 0 Å². The molecule has 0 spiro atoms. The number of aromatic nitrogens is 1. The summed E-state index contributed by atoms with van der Waals surface area (Å²) in [5.41, 5.74) is 0.264. The maximum atomic E-state index is 12.0. The molecule has 0 aromatic carbocycles. The van der Waals surface area contributed by atoms with E-state index in [0.717, 1.165) is 0 Å². The molecule has 5 nitrogen and oxygen atoms in total. The van der Waals surface area contributed by atoms with Crippen molar-refractivity contribution in [1.29, 1.82) is 0 Å². The van der Waals surface area contributed by atoms with Gasteiger partial charge in [-0.3, -0.25) is 9.69 Å². The Morgan fingerprint density at radius 1 is 1.68 bits per heavy atom. The summed E-state index contributed by atoms with van der Waals surface area (Å²) in [4.78, 5) is 29.4. The number of halogens is 2. The van der Waals surface area contributed by atoms with Gasteiger partial charge in [-0.05, 0) is 27.9 Å². The van der Waals surface area contributed by atoms with Crippen molar-refractivity contribution in [3.8, 4) is 0 Å². The molecular weight excluding hydrogens is 336 g/mol. The number of esters is 1. The van der Waals surface area contributed by atoms with Gasteiger partial charge < -0.3 is 4.74 Å². The molecule has 7 heteroatoms. The van der Waals surface area contributed by atoms with Crippen LogP contribution in [-0.2, 0) is 9.53 Å². The molecule has 0 radical (unpaired) electrons. The highest BCUT2D eigenvalue weighted by molar-refractivity contribution is 9.10. The Hall–Kier alpha value is -1.14. The molecule has 1 amide bonds. The zero-order valence-electron chi connectivity index (χ0n) is 10.2. The van der Waals surface area contributed by atoms with Gasteiger partial charge in [-0.15, -0.1) is 11.6 Å². The van der Waals surface area contributed by atoms with Crippen molar-refractivity contribution >= 4 is 45.2 Å². The van der Waals surface area contributed by atoms with Gasteiger partial charge in [0.1, 0.15) is 11.4 Å².